The van der Waals surface area contributed by atoms with E-state index in [-0.39, 0.29) is 0 Å². The smallest absolute Gasteiger partial charge is 0.227 e. The summed E-state index contributed by atoms with van der Waals surface area (Å²) in [7, 11) is 0. The van der Waals surface area contributed by atoms with Crippen LogP contribution in [0.25, 0.3) is 45.5 Å². The molecule has 0 fully saturated rings. The Balaban J connectivity index is 0.000000244. The number of oxazole rings is 2. The van der Waals surface area contributed by atoms with Gasteiger partial charge in [0.05, 0.1) is 11.2 Å². The molecular formula is C34H30ClN3O2. The summed E-state index contributed by atoms with van der Waals surface area (Å²) in [6.45, 7) is 6.27. The lowest BCUT2D eigenvalue weighted by Crippen LogP contribution is -2.21. The molecule has 0 radical (unpaired) electrons. The fourth-order valence-electron chi connectivity index (χ4n) is 4.41. The maximum Gasteiger partial charge on any atom is 0.227 e. The van der Waals surface area contributed by atoms with Gasteiger partial charge in [0, 0.05) is 41.0 Å². The van der Waals surface area contributed by atoms with Crippen molar-refractivity contribution in [2.75, 3.05) is 18.0 Å². The minimum atomic E-state index is 0.586. The second-order valence-corrected chi connectivity index (χ2v) is 9.37. The summed E-state index contributed by atoms with van der Waals surface area (Å²) in [5.74, 6) is 1.98. The molecule has 200 valence electrons. The second-order valence-electron chi connectivity index (χ2n) is 8.97. The third-order valence-corrected chi connectivity index (χ3v) is 6.82. The fourth-order valence-corrected chi connectivity index (χ4v) is 4.64. The number of aromatic nitrogens is 2. The van der Waals surface area contributed by atoms with E-state index in [0.717, 1.165) is 46.8 Å². The third kappa shape index (κ3) is 6.16. The topological polar surface area (TPSA) is 55.3 Å². The molecule has 0 aliphatic carbocycles. The molecule has 6 aromatic rings. The number of hydrogen-bond donors (Lipinski definition) is 0. The van der Waals surface area contributed by atoms with Crippen LogP contribution in [0.1, 0.15) is 13.8 Å². The van der Waals surface area contributed by atoms with E-state index in [2.05, 4.69) is 48.0 Å². The molecule has 2 heterocycles. The van der Waals surface area contributed by atoms with Gasteiger partial charge in [-0.25, -0.2) is 9.97 Å². The lowest BCUT2D eigenvalue weighted by Gasteiger charge is -2.21. The highest BCUT2D eigenvalue weighted by molar-refractivity contribution is 6.33. The van der Waals surface area contributed by atoms with Crippen molar-refractivity contribution in [3.63, 3.8) is 0 Å². The molecule has 0 spiro atoms. The van der Waals surface area contributed by atoms with Crippen LogP contribution in [-0.4, -0.2) is 23.1 Å². The monoisotopic (exact) mass is 547 g/mol. The summed E-state index contributed by atoms with van der Waals surface area (Å²) in [5, 5.41) is 0.654. The summed E-state index contributed by atoms with van der Waals surface area (Å²) < 4.78 is 11.4. The van der Waals surface area contributed by atoms with E-state index in [0.29, 0.717) is 16.8 Å². The average Bonchev–Trinajstić information content (AvgIpc) is 3.71. The van der Waals surface area contributed by atoms with Crippen LogP contribution in [0.3, 0.4) is 0 Å². The highest BCUT2D eigenvalue weighted by atomic mass is 35.5. The average molecular weight is 548 g/mol. The number of rotatable bonds is 7. The highest BCUT2D eigenvalue weighted by Crippen LogP contribution is 2.39. The molecule has 2 aromatic heterocycles. The lowest BCUT2D eigenvalue weighted by molar-refractivity contribution is 0.574. The Kier molecular flexibility index (Phi) is 8.74. The minimum absolute atomic E-state index is 0.586. The number of anilines is 1. The summed E-state index contributed by atoms with van der Waals surface area (Å²) in [4.78, 5) is 11.2. The van der Waals surface area contributed by atoms with Gasteiger partial charge >= 0.3 is 0 Å². The second kappa shape index (κ2) is 13.0. The molecule has 40 heavy (non-hydrogen) atoms. The van der Waals surface area contributed by atoms with Crippen LogP contribution in [0.2, 0.25) is 5.02 Å². The van der Waals surface area contributed by atoms with Crippen LogP contribution in [0.15, 0.2) is 130 Å². The summed E-state index contributed by atoms with van der Waals surface area (Å²) >= 11 is 6.49. The van der Waals surface area contributed by atoms with Crippen LogP contribution in [0, 0.1) is 0 Å². The van der Waals surface area contributed by atoms with Crippen LogP contribution < -0.4 is 4.90 Å². The molecule has 0 aliphatic heterocycles. The Labute approximate surface area is 239 Å². The number of benzene rings is 4. The maximum absolute atomic E-state index is 6.49. The van der Waals surface area contributed by atoms with E-state index < -0.39 is 0 Å². The van der Waals surface area contributed by atoms with Crippen LogP contribution in [0.5, 0.6) is 0 Å². The van der Waals surface area contributed by atoms with Gasteiger partial charge in [-0.1, -0.05) is 66.2 Å². The molecular weight excluding hydrogens is 518 g/mol. The quantitative estimate of drug-likeness (QED) is 0.199. The van der Waals surface area contributed by atoms with Crippen molar-refractivity contribution in [1.29, 1.82) is 0 Å². The first-order valence-corrected chi connectivity index (χ1v) is 13.7. The Morgan fingerprint density at radius 3 is 1.85 bits per heavy atom. The van der Waals surface area contributed by atoms with E-state index in [1.807, 2.05) is 84.9 Å². The lowest BCUT2D eigenvalue weighted by atomic mass is 10.1. The van der Waals surface area contributed by atoms with E-state index in [4.69, 9.17) is 25.4 Å². The standard InChI is InChI=1S/C25H23ClN2O.C9H7NO/c1-3-28(4-2)20-16-14-18(15-17-20)24-23(21-12-8-9-13-22(21)26)27-25(29-24)19-10-6-5-7-11-19;1-2-4-8(5-3-1)9-10-6-7-11-9/h5-17H,3-4H2,1-2H3;1-7H. The number of halogens is 1. The van der Waals surface area contributed by atoms with Gasteiger partial charge in [0.15, 0.2) is 5.76 Å². The van der Waals surface area contributed by atoms with Gasteiger partial charge in [0.1, 0.15) is 12.0 Å². The van der Waals surface area contributed by atoms with E-state index in [9.17, 15) is 0 Å². The van der Waals surface area contributed by atoms with Crippen molar-refractivity contribution in [2.45, 2.75) is 13.8 Å². The van der Waals surface area contributed by atoms with E-state index in [1.54, 1.807) is 12.5 Å². The first kappa shape index (κ1) is 27.0. The van der Waals surface area contributed by atoms with Gasteiger partial charge in [0.2, 0.25) is 11.8 Å². The Morgan fingerprint density at radius 1 is 0.675 bits per heavy atom. The summed E-state index contributed by atoms with van der Waals surface area (Å²) in [5.41, 5.74) is 5.74. The molecule has 0 aliphatic rings. The van der Waals surface area contributed by atoms with E-state index in [1.165, 1.54) is 5.69 Å². The molecule has 0 unspecified atom stereocenters. The maximum atomic E-state index is 6.49. The van der Waals surface area contributed by atoms with Crippen molar-refractivity contribution in [2.24, 2.45) is 0 Å². The van der Waals surface area contributed by atoms with Crippen LogP contribution in [-0.2, 0) is 0 Å². The first-order valence-electron chi connectivity index (χ1n) is 13.3. The largest absolute Gasteiger partial charge is 0.445 e. The van der Waals surface area contributed by atoms with Crippen LogP contribution in [0.4, 0.5) is 5.69 Å². The Morgan fingerprint density at radius 2 is 1.27 bits per heavy atom. The minimum Gasteiger partial charge on any atom is -0.445 e. The highest BCUT2D eigenvalue weighted by Gasteiger charge is 2.20. The van der Waals surface area contributed by atoms with Crippen molar-refractivity contribution in [3.8, 4) is 45.5 Å². The molecule has 0 saturated heterocycles. The van der Waals surface area contributed by atoms with E-state index >= 15 is 0 Å². The zero-order valence-corrected chi connectivity index (χ0v) is 23.3. The van der Waals surface area contributed by atoms with Crippen molar-refractivity contribution in [1.82, 2.24) is 9.97 Å². The summed E-state index contributed by atoms with van der Waals surface area (Å²) in [6, 6.07) is 35.9. The molecule has 5 nitrogen and oxygen atoms in total. The molecule has 0 N–H and O–H groups in total. The molecule has 0 bridgehead atoms. The number of hydrogen-bond acceptors (Lipinski definition) is 5. The van der Waals surface area contributed by atoms with Gasteiger partial charge in [-0.15, -0.1) is 0 Å². The van der Waals surface area contributed by atoms with Gasteiger partial charge in [0.25, 0.3) is 0 Å². The van der Waals surface area contributed by atoms with Crippen LogP contribution >= 0.6 is 11.6 Å². The Bertz CT molecular complexity index is 1610. The van der Waals surface area contributed by atoms with Crippen molar-refractivity contribution < 1.29 is 8.83 Å². The Hall–Kier alpha value is -4.61. The van der Waals surface area contributed by atoms with Crippen molar-refractivity contribution in [3.05, 3.63) is 127 Å². The normalized spacial score (nSPS) is 10.6. The predicted molar refractivity (Wildman–Crippen MR) is 163 cm³/mol. The molecule has 0 amide bonds. The van der Waals surface area contributed by atoms with Crippen molar-refractivity contribution >= 4 is 17.3 Å². The fraction of sp³-hybridized carbons (Fsp3) is 0.118. The van der Waals surface area contributed by atoms with Gasteiger partial charge < -0.3 is 13.7 Å². The molecule has 0 saturated carbocycles. The predicted octanol–water partition coefficient (Wildman–Crippen LogP) is 9.52. The molecule has 0 atom stereocenters. The molecule has 6 heteroatoms. The van der Waals surface area contributed by atoms with Gasteiger partial charge in [-0.05, 0) is 68.4 Å². The van der Waals surface area contributed by atoms with Gasteiger partial charge in [-0.2, -0.15) is 0 Å². The third-order valence-electron chi connectivity index (χ3n) is 6.49. The molecule has 6 rings (SSSR count). The zero-order valence-electron chi connectivity index (χ0n) is 22.5. The SMILES string of the molecule is CCN(CC)c1ccc(-c2oc(-c3ccccc3)nc2-c2ccccc2Cl)cc1.c1ccc(-c2ncco2)cc1. The molecule has 4 aromatic carbocycles. The number of nitrogens with zero attached hydrogens (tertiary/aromatic N) is 3. The zero-order chi connectivity index (χ0) is 27.7. The first-order chi connectivity index (χ1) is 19.7. The summed E-state index contributed by atoms with van der Waals surface area (Å²) in [6.07, 6.45) is 3.21. The van der Waals surface area contributed by atoms with Gasteiger partial charge in [-0.3, -0.25) is 0 Å².